The quantitative estimate of drug-likeness (QED) is 0.864. The number of fused-ring (bicyclic) bond motifs is 3. The highest BCUT2D eigenvalue weighted by Gasteiger charge is 2.48. The molecular formula is C17H12F2N2O. The maximum atomic E-state index is 13.5. The van der Waals surface area contributed by atoms with Gasteiger partial charge in [-0.1, -0.05) is 12.1 Å². The van der Waals surface area contributed by atoms with Crippen molar-refractivity contribution in [3.63, 3.8) is 0 Å². The lowest BCUT2D eigenvalue weighted by Gasteiger charge is -2.32. The topological polar surface area (TPSA) is 41.5 Å². The van der Waals surface area contributed by atoms with Crippen LogP contribution >= 0.6 is 0 Å². The summed E-state index contributed by atoms with van der Waals surface area (Å²) in [5.74, 6) is -0.839. The molecule has 1 unspecified atom stereocenters. The molecule has 1 atom stereocenters. The first-order chi connectivity index (χ1) is 10.6. The Morgan fingerprint density at radius 1 is 1.00 bits per heavy atom. The summed E-state index contributed by atoms with van der Waals surface area (Å²) in [5.41, 5.74) is 5.04. The van der Waals surface area contributed by atoms with E-state index in [1.165, 1.54) is 24.3 Å². The van der Waals surface area contributed by atoms with Gasteiger partial charge in [-0.05, 0) is 47.9 Å². The van der Waals surface area contributed by atoms with E-state index in [0.717, 1.165) is 16.7 Å². The Bertz CT molecular complexity index is 814. The zero-order valence-corrected chi connectivity index (χ0v) is 11.6. The molecule has 110 valence electrons. The van der Waals surface area contributed by atoms with E-state index in [1.807, 2.05) is 0 Å². The Hall–Kier alpha value is -2.56. The highest BCUT2D eigenvalue weighted by molar-refractivity contribution is 6.15. The molecule has 3 nitrogen and oxygen atoms in total. The molecule has 2 aromatic carbocycles. The van der Waals surface area contributed by atoms with Crippen LogP contribution in [0.15, 0.2) is 47.6 Å². The largest absolute Gasteiger partial charge is 0.273 e. The Morgan fingerprint density at radius 2 is 1.73 bits per heavy atom. The number of nitrogens with one attached hydrogen (secondary N) is 1. The fraction of sp³-hybridized carbons (Fsp3) is 0.176. The average Bonchev–Trinajstić information content (AvgIpc) is 2.80. The summed E-state index contributed by atoms with van der Waals surface area (Å²) in [6.45, 7) is 0. The molecule has 2 aliphatic rings. The van der Waals surface area contributed by atoms with Crippen molar-refractivity contribution in [3.8, 4) is 0 Å². The van der Waals surface area contributed by atoms with E-state index in [9.17, 15) is 13.6 Å². The molecule has 4 rings (SSSR count). The standard InChI is InChI=1S/C17H12F2N2O/c18-12-3-1-11(2-4-12)17-8-10-7-13(19)5-6-14(10)16(17)21-20-15(22)9-17/h1-7H,8-9H2,(H,20,22). The van der Waals surface area contributed by atoms with Crippen molar-refractivity contribution in [2.75, 3.05) is 0 Å². The van der Waals surface area contributed by atoms with Crippen LogP contribution in [0.4, 0.5) is 8.78 Å². The predicted molar refractivity (Wildman–Crippen MR) is 77.5 cm³/mol. The lowest BCUT2D eigenvalue weighted by atomic mass is 9.73. The van der Waals surface area contributed by atoms with Crippen LogP contribution in [-0.4, -0.2) is 11.6 Å². The molecule has 22 heavy (non-hydrogen) atoms. The van der Waals surface area contributed by atoms with Crippen molar-refractivity contribution in [1.82, 2.24) is 5.43 Å². The van der Waals surface area contributed by atoms with E-state index in [2.05, 4.69) is 10.5 Å². The summed E-state index contributed by atoms with van der Waals surface area (Å²) in [6, 6.07) is 10.6. The maximum absolute atomic E-state index is 13.5. The molecule has 5 heteroatoms. The third-order valence-corrected chi connectivity index (χ3v) is 4.42. The minimum absolute atomic E-state index is 0.193. The second kappa shape index (κ2) is 4.47. The van der Waals surface area contributed by atoms with Crippen molar-refractivity contribution in [1.29, 1.82) is 0 Å². The van der Waals surface area contributed by atoms with Gasteiger partial charge in [-0.2, -0.15) is 5.10 Å². The van der Waals surface area contributed by atoms with E-state index in [0.29, 0.717) is 12.1 Å². The van der Waals surface area contributed by atoms with Crippen molar-refractivity contribution < 1.29 is 13.6 Å². The van der Waals surface area contributed by atoms with Crippen LogP contribution in [0.1, 0.15) is 23.1 Å². The SMILES string of the molecule is O=C1CC2(c3ccc(F)cc3)Cc3cc(F)ccc3C2=NN1. The first-order valence-corrected chi connectivity index (χ1v) is 7.00. The number of benzene rings is 2. The Morgan fingerprint density at radius 3 is 2.50 bits per heavy atom. The first-order valence-electron chi connectivity index (χ1n) is 7.00. The second-order valence-corrected chi connectivity index (χ2v) is 5.74. The van der Waals surface area contributed by atoms with Crippen molar-refractivity contribution in [2.45, 2.75) is 18.3 Å². The molecule has 2 aromatic rings. The van der Waals surface area contributed by atoms with E-state index < -0.39 is 5.41 Å². The van der Waals surface area contributed by atoms with Crippen LogP contribution in [-0.2, 0) is 16.6 Å². The number of amides is 1. The average molecular weight is 298 g/mol. The predicted octanol–water partition coefficient (Wildman–Crippen LogP) is 2.68. The molecule has 1 aliphatic carbocycles. The van der Waals surface area contributed by atoms with Crippen molar-refractivity contribution in [3.05, 3.63) is 70.8 Å². The summed E-state index contributed by atoms with van der Waals surface area (Å²) < 4.78 is 26.8. The summed E-state index contributed by atoms with van der Waals surface area (Å²) >= 11 is 0. The van der Waals surface area contributed by atoms with Gasteiger partial charge >= 0.3 is 0 Å². The first kappa shape index (κ1) is 13.1. The summed E-state index contributed by atoms with van der Waals surface area (Å²) in [6.07, 6.45) is 0.700. The van der Waals surface area contributed by atoms with E-state index in [-0.39, 0.29) is 24.0 Å². The van der Waals surface area contributed by atoms with Crippen LogP contribution < -0.4 is 5.43 Å². The lowest BCUT2D eigenvalue weighted by Crippen LogP contribution is -2.44. The third kappa shape index (κ3) is 1.78. The Kier molecular flexibility index (Phi) is 2.66. The smallest absolute Gasteiger partial charge is 0.241 e. The zero-order valence-electron chi connectivity index (χ0n) is 11.6. The van der Waals surface area contributed by atoms with Gasteiger partial charge in [0.05, 0.1) is 11.1 Å². The number of hydrogen-bond acceptors (Lipinski definition) is 2. The monoisotopic (exact) mass is 298 g/mol. The molecule has 1 aliphatic heterocycles. The molecular weight excluding hydrogens is 286 g/mol. The van der Waals surface area contributed by atoms with E-state index in [4.69, 9.17) is 0 Å². The number of carbonyl (C=O) groups is 1. The van der Waals surface area contributed by atoms with Gasteiger partial charge in [-0.25, -0.2) is 14.2 Å². The Labute approximate surface area is 125 Å². The zero-order chi connectivity index (χ0) is 15.3. The summed E-state index contributed by atoms with van der Waals surface area (Å²) in [7, 11) is 0. The van der Waals surface area contributed by atoms with Gasteiger partial charge in [0, 0.05) is 12.0 Å². The maximum Gasteiger partial charge on any atom is 0.241 e. The number of hydrazone groups is 1. The van der Waals surface area contributed by atoms with Gasteiger partial charge in [0.1, 0.15) is 11.6 Å². The van der Waals surface area contributed by atoms with Crippen LogP contribution in [0.5, 0.6) is 0 Å². The second-order valence-electron chi connectivity index (χ2n) is 5.74. The van der Waals surface area contributed by atoms with Gasteiger partial charge in [0.25, 0.3) is 0 Å². The number of rotatable bonds is 1. The van der Waals surface area contributed by atoms with Crippen molar-refractivity contribution >= 4 is 11.6 Å². The fourth-order valence-corrected chi connectivity index (χ4v) is 3.46. The molecule has 1 heterocycles. The van der Waals surface area contributed by atoms with Gasteiger partial charge < -0.3 is 0 Å². The van der Waals surface area contributed by atoms with E-state index in [1.54, 1.807) is 18.2 Å². The summed E-state index contributed by atoms with van der Waals surface area (Å²) in [5, 5.41) is 4.22. The molecule has 0 spiro atoms. The highest BCUT2D eigenvalue weighted by atomic mass is 19.1. The Balaban J connectivity index is 1.93. The minimum Gasteiger partial charge on any atom is -0.273 e. The fourth-order valence-electron chi connectivity index (χ4n) is 3.46. The van der Waals surface area contributed by atoms with E-state index >= 15 is 0 Å². The molecule has 1 N–H and O–H groups in total. The van der Waals surface area contributed by atoms with Crippen LogP contribution in [0.2, 0.25) is 0 Å². The lowest BCUT2D eigenvalue weighted by molar-refractivity contribution is -0.122. The summed E-state index contributed by atoms with van der Waals surface area (Å²) in [4.78, 5) is 11.9. The molecule has 1 amide bonds. The molecule has 0 aromatic heterocycles. The molecule has 0 fully saturated rings. The molecule has 0 radical (unpaired) electrons. The van der Waals surface area contributed by atoms with Gasteiger partial charge in [-0.3, -0.25) is 4.79 Å². The van der Waals surface area contributed by atoms with Gasteiger partial charge in [0.15, 0.2) is 0 Å². The van der Waals surface area contributed by atoms with Crippen LogP contribution in [0.3, 0.4) is 0 Å². The van der Waals surface area contributed by atoms with Gasteiger partial charge in [0.2, 0.25) is 5.91 Å². The third-order valence-electron chi connectivity index (χ3n) is 4.42. The van der Waals surface area contributed by atoms with Crippen molar-refractivity contribution in [2.24, 2.45) is 5.10 Å². The van der Waals surface area contributed by atoms with Crippen LogP contribution in [0, 0.1) is 11.6 Å². The number of hydrogen-bond donors (Lipinski definition) is 1. The highest BCUT2D eigenvalue weighted by Crippen LogP contribution is 2.44. The molecule has 0 saturated heterocycles. The van der Waals surface area contributed by atoms with Crippen LogP contribution in [0.25, 0.3) is 0 Å². The number of carbonyl (C=O) groups excluding carboxylic acids is 1. The minimum atomic E-state index is -0.647. The normalized spacial score (nSPS) is 22.6. The molecule has 0 bridgehead atoms. The number of nitrogens with zero attached hydrogens (tertiary/aromatic N) is 1. The van der Waals surface area contributed by atoms with Gasteiger partial charge in [-0.15, -0.1) is 0 Å². The molecule has 0 saturated carbocycles. The number of halogens is 2.